The first-order valence-corrected chi connectivity index (χ1v) is 19.7. The van der Waals surface area contributed by atoms with Crippen molar-refractivity contribution in [1.29, 1.82) is 0 Å². The van der Waals surface area contributed by atoms with Crippen LogP contribution in [0.2, 0.25) is 0 Å². The van der Waals surface area contributed by atoms with Crippen molar-refractivity contribution >= 4 is 35.1 Å². The van der Waals surface area contributed by atoms with Gasteiger partial charge in [-0.1, -0.05) is 42.5 Å². The number of amides is 3. The zero-order chi connectivity index (χ0) is 39.5. The Balaban J connectivity index is 1.48. The summed E-state index contributed by atoms with van der Waals surface area (Å²) in [5.41, 5.74) is 1.12. The van der Waals surface area contributed by atoms with Crippen molar-refractivity contribution in [3.63, 3.8) is 0 Å². The highest BCUT2D eigenvalue weighted by Crippen LogP contribution is 2.59. The molecule has 12 heteroatoms. The zero-order valence-corrected chi connectivity index (χ0v) is 32.6. The Morgan fingerprint density at radius 3 is 2.38 bits per heavy atom. The first kappa shape index (κ1) is 41.6. The molecule has 0 radical (unpaired) electrons. The number of rotatable bonds is 22. The van der Waals surface area contributed by atoms with Crippen LogP contribution in [-0.2, 0) is 33.4 Å². The molecule has 2 aromatic carbocycles. The molecule has 7 atom stereocenters. The number of allylic oxidation sites excluding steroid dienone is 1. The number of aliphatic hydroxyl groups excluding tert-OH is 1. The van der Waals surface area contributed by atoms with Gasteiger partial charge in [-0.15, -0.1) is 13.2 Å². The molecule has 3 saturated heterocycles. The third kappa shape index (κ3) is 8.82. The first-order chi connectivity index (χ1) is 26.7. The van der Waals surface area contributed by atoms with Crippen LogP contribution in [-0.4, -0.2) is 104 Å². The largest absolute Gasteiger partial charge is 0.455 e. The van der Waals surface area contributed by atoms with E-state index in [2.05, 4.69) is 37.2 Å². The summed E-state index contributed by atoms with van der Waals surface area (Å²) in [5, 5.41) is 12.4. The summed E-state index contributed by atoms with van der Waals surface area (Å²) in [6, 6.07) is 15.2. The van der Waals surface area contributed by atoms with Crippen LogP contribution in [0.4, 0.5) is 11.4 Å². The minimum Gasteiger partial charge on any atom is -0.455 e. The maximum Gasteiger partial charge on any atom is 0.313 e. The second-order valence-corrected chi connectivity index (χ2v) is 14.5. The van der Waals surface area contributed by atoms with Gasteiger partial charge in [0.2, 0.25) is 11.8 Å². The maximum absolute atomic E-state index is 15.0. The molecule has 0 saturated carbocycles. The van der Waals surface area contributed by atoms with E-state index in [4.69, 9.17) is 14.2 Å². The highest BCUT2D eigenvalue weighted by atomic mass is 16.6. The summed E-state index contributed by atoms with van der Waals surface area (Å²) in [5.74, 6) is -3.38. The van der Waals surface area contributed by atoms with Crippen LogP contribution in [0, 0.1) is 11.8 Å². The summed E-state index contributed by atoms with van der Waals surface area (Å²) in [7, 11) is 1.51. The Morgan fingerprint density at radius 2 is 1.75 bits per heavy atom. The van der Waals surface area contributed by atoms with Gasteiger partial charge in [0.15, 0.2) is 0 Å². The molecule has 3 amide bonds. The number of hydrogen-bond acceptors (Lipinski definition) is 9. The van der Waals surface area contributed by atoms with Gasteiger partial charge in [0, 0.05) is 57.7 Å². The van der Waals surface area contributed by atoms with E-state index < -0.39 is 47.7 Å². The molecular formula is C43H58N4O8. The van der Waals surface area contributed by atoms with Gasteiger partial charge in [0.1, 0.15) is 17.7 Å². The molecule has 2 N–H and O–H groups in total. The molecule has 0 unspecified atom stereocenters. The smallest absolute Gasteiger partial charge is 0.313 e. The van der Waals surface area contributed by atoms with Crippen molar-refractivity contribution in [2.24, 2.45) is 11.8 Å². The van der Waals surface area contributed by atoms with Gasteiger partial charge in [-0.3, -0.25) is 19.2 Å². The molecule has 12 nitrogen and oxygen atoms in total. The first-order valence-electron chi connectivity index (χ1n) is 19.7. The number of anilines is 2. The van der Waals surface area contributed by atoms with Crippen LogP contribution in [0.25, 0.3) is 0 Å². The average Bonchev–Trinajstić information content (AvgIpc) is 3.84. The number of fused-ring (bicyclic) bond motifs is 1. The van der Waals surface area contributed by atoms with Gasteiger partial charge in [0.25, 0.3) is 5.91 Å². The summed E-state index contributed by atoms with van der Waals surface area (Å²) >= 11 is 0. The van der Waals surface area contributed by atoms with Crippen molar-refractivity contribution in [3.05, 3.63) is 85.5 Å². The maximum atomic E-state index is 15.0. The van der Waals surface area contributed by atoms with E-state index in [1.165, 1.54) is 7.11 Å². The molecule has 0 aliphatic carbocycles. The summed E-state index contributed by atoms with van der Waals surface area (Å²) in [6.45, 7) is 14.1. The van der Waals surface area contributed by atoms with Crippen LogP contribution < -0.4 is 15.1 Å². The molecule has 3 fully saturated rings. The number of hydrogen-bond donors (Lipinski definition) is 2. The standard InChI is InChI=1S/C43H58N4O8/c1-6-10-19-35(49)44-33(29-53-5)38(30-17-13-11-14-18-30)54-42(52)36-34-24-25-43(55-34)37(36)40(50)47(27-15-12-16-28-48)39(43)41(51)46(26-7-2)32-22-20-31(21-23-32)45(8-3)9-4/h6-7,11,13-14,17-18,20-23,33-34,36-39,48H,1-2,8-10,12,15-16,19,24-29H2,3-5H3,(H,44,49)/t33-,34+,36-,37-,38-,39+,43-/m0/s1. The summed E-state index contributed by atoms with van der Waals surface area (Å²) in [6.07, 6.45) is 5.16. The van der Waals surface area contributed by atoms with Crippen LogP contribution in [0.3, 0.4) is 0 Å². The Morgan fingerprint density at radius 1 is 1.04 bits per heavy atom. The molecular weight excluding hydrogens is 700 g/mol. The number of aliphatic hydroxyl groups is 1. The number of likely N-dealkylation sites (tertiary alicyclic amines) is 1. The molecule has 2 bridgehead atoms. The van der Waals surface area contributed by atoms with Gasteiger partial charge in [-0.25, -0.2) is 0 Å². The minimum absolute atomic E-state index is 0.0273. The number of benzene rings is 2. The highest BCUT2D eigenvalue weighted by molar-refractivity contribution is 6.04. The van der Waals surface area contributed by atoms with E-state index in [9.17, 15) is 24.3 Å². The second-order valence-electron chi connectivity index (χ2n) is 14.5. The van der Waals surface area contributed by atoms with Crippen molar-refractivity contribution < 1.29 is 38.5 Å². The predicted octanol–water partition coefficient (Wildman–Crippen LogP) is 4.97. The van der Waals surface area contributed by atoms with Gasteiger partial charge in [0.05, 0.1) is 30.6 Å². The van der Waals surface area contributed by atoms with E-state index in [-0.39, 0.29) is 50.4 Å². The van der Waals surface area contributed by atoms with E-state index >= 15 is 0 Å². The van der Waals surface area contributed by atoms with E-state index in [0.717, 1.165) is 18.8 Å². The fourth-order valence-electron chi connectivity index (χ4n) is 8.67. The fraction of sp³-hybridized carbons (Fsp3) is 0.535. The van der Waals surface area contributed by atoms with E-state index in [0.29, 0.717) is 49.8 Å². The quantitative estimate of drug-likeness (QED) is 0.0969. The topological polar surface area (TPSA) is 138 Å². The number of methoxy groups -OCH3 is 1. The molecule has 2 aromatic rings. The van der Waals surface area contributed by atoms with Crippen LogP contribution in [0.5, 0.6) is 0 Å². The SMILES string of the molecule is C=CCCC(=O)N[C@@H](COC)[C@@H](OC(=O)[C@@H]1[C@H]2C(=O)N(CCCCCO)[C@H](C(=O)N(CC=C)c3ccc(N(CC)CC)cc3)[C@]23CC[C@H]1O3)c1ccccc1. The van der Waals surface area contributed by atoms with Gasteiger partial charge in [-0.05, 0) is 82.2 Å². The number of nitrogens with one attached hydrogen (secondary N) is 1. The zero-order valence-electron chi connectivity index (χ0n) is 32.6. The molecule has 3 aliphatic rings. The van der Waals surface area contributed by atoms with Crippen molar-refractivity contribution in [3.8, 4) is 0 Å². The summed E-state index contributed by atoms with van der Waals surface area (Å²) in [4.78, 5) is 62.7. The molecule has 1 spiro atoms. The molecule has 0 aromatic heterocycles. The third-order valence-corrected chi connectivity index (χ3v) is 11.2. The number of unbranched alkanes of at least 4 members (excludes halogenated alkanes) is 2. The van der Waals surface area contributed by atoms with E-state index in [1.54, 1.807) is 22.0 Å². The highest BCUT2D eigenvalue weighted by Gasteiger charge is 2.75. The Bertz CT molecular complexity index is 1630. The van der Waals surface area contributed by atoms with E-state index in [1.807, 2.05) is 54.6 Å². The molecule has 3 heterocycles. The summed E-state index contributed by atoms with van der Waals surface area (Å²) < 4.78 is 18.6. The average molecular weight is 759 g/mol. The Hall–Kier alpha value is -4.52. The molecule has 5 rings (SSSR count). The lowest BCUT2D eigenvalue weighted by molar-refractivity contribution is -0.163. The lowest BCUT2D eigenvalue weighted by Gasteiger charge is -2.37. The van der Waals surface area contributed by atoms with Crippen LogP contribution >= 0.6 is 0 Å². The van der Waals surface area contributed by atoms with Crippen molar-refractivity contribution in [2.75, 3.05) is 56.3 Å². The van der Waals surface area contributed by atoms with Crippen molar-refractivity contribution in [1.82, 2.24) is 10.2 Å². The normalized spacial score (nSPS) is 23.5. The number of ether oxygens (including phenoxy) is 3. The molecule has 3 aliphatic heterocycles. The third-order valence-electron chi connectivity index (χ3n) is 11.2. The lowest BCUT2D eigenvalue weighted by Crippen LogP contribution is -2.56. The Labute approximate surface area is 325 Å². The number of esters is 1. The monoisotopic (exact) mass is 758 g/mol. The predicted molar refractivity (Wildman–Crippen MR) is 211 cm³/mol. The minimum atomic E-state index is -1.24. The number of carbonyl (C=O) groups excluding carboxylic acids is 4. The van der Waals surface area contributed by atoms with Gasteiger partial charge in [-0.2, -0.15) is 0 Å². The van der Waals surface area contributed by atoms with Crippen molar-refractivity contribution in [2.45, 2.75) is 88.7 Å². The van der Waals surface area contributed by atoms with Crippen LogP contribution in [0.15, 0.2) is 79.9 Å². The number of carbonyl (C=O) groups is 4. The van der Waals surface area contributed by atoms with Crippen LogP contribution in [0.1, 0.15) is 70.5 Å². The fourth-order valence-corrected chi connectivity index (χ4v) is 8.67. The molecule has 298 valence electrons. The van der Waals surface area contributed by atoms with Gasteiger partial charge < -0.3 is 39.3 Å². The number of nitrogens with zero attached hydrogens (tertiary/aromatic N) is 3. The lowest BCUT2D eigenvalue weighted by atomic mass is 9.70. The molecule has 55 heavy (non-hydrogen) atoms. The van der Waals surface area contributed by atoms with Gasteiger partial charge >= 0.3 is 5.97 Å². The Kier molecular flexibility index (Phi) is 14.7. The second kappa shape index (κ2) is 19.4.